The zero-order chi connectivity index (χ0) is 44.7. The van der Waals surface area contributed by atoms with Crippen LogP contribution in [0.2, 0.25) is 0 Å². The second-order valence-electron chi connectivity index (χ2n) is 20.6. The van der Waals surface area contributed by atoms with E-state index in [0.29, 0.717) is 31.0 Å². The third-order valence-electron chi connectivity index (χ3n) is 13.0. The Hall–Kier alpha value is -5.64. The number of aromatic nitrogens is 3. The Morgan fingerprint density at radius 3 is 1.62 bits per heavy atom. The quantitative estimate of drug-likeness (QED) is 0.131. The van der Waals surface area contributed by atoms with E-state index in [9.17, 15) is 10.2 Å². The number of nitrogens with zero attached hydrogens (tertiary/aromatic N) is 2. The summed E-state index contributed by atoms with van der Waals surface area (Å²) in [7, 11) is 3.47. The number of aliphatic hydroxyl groups is 2. The number of aromatic amines is 1. The number of benzene rings is 2. The summed E-state index contributed by atoms with van der Waals surface area (Å²) in [5, 5.41) is 32.5. The third-order valence-corrected chi connectivity index (χ3v) is 13.0. The molecule has 63 heavy (non-hydrogen) atoms. The molecule has 0 fully saturated rings. The molecule has 3 aromatic heterocycles. The van der Waals surface area contributed by atoms with E-state index in [2.05, 4.69) is 152 Å². The topological polar surface area (TPSA) is 113 Å². The van der Waals surface area contributed by atoms with Crippen LogP contribution < -0.4 is 16.0 Å². The van der Waals surface area contributed by atoms with Crippen molar-refractivity contribution in [2.24, 2.45) is 10.8 Å². The number of aliphatic hydroxyl groups excluding tert-OH is 2. The number of fused-ring (bicyclic) bond motifs is 12. The number of methoxy groups -OCH3 is 2. The number of H-pyrrole nitrogens is 1. The molecule has 4 N–H and O–H groups in total. The van der Waals surface area contributed by atoms with Gasteiger partial charge in [0.1, 0.15) is 12.2 Å². The molecule has 5 aromatic rings. The molecule has 0 saturated carbocycles. The van der Waals surface area contributed by atoms with E-state index >= 15 is 0 Å². The molecule has 8 nitrogen and oxygen atoms in total. The fourth-order valence-corrected chi connectivity index (χ4v) is 9.27. The van der Waals surface area contributed by atoms with Gasteiger partial charge in [-0.15, -0.1) is 0 Å². The van der Waals surface area contributed by atoms with Crippen molar-refractivity contribution in [1.82, 2.24) is 20.3 Å². The van der Waals surface area contributed by atoms with Crippen LogP contribution in [0.4, 0.5) is 0 Å². The number of rotatable bonds is 5. The fourth-order valence-electron chi connectivity index (χ4n) is 9.27. The highest BCUT2D eigenvalue weighted by atomic mass is 16.5. The van der Waals surface area contributed by atoms with Gasteiger partial charge < -0.3 is 30.0 Å². The summed E-state index contributed by atoms with van der Waals surface area (Å²) in [4.78, 5) is 14.5. The van der Waals surface area contributed by atoms with Crippen molar-refractivity contribution in [3.8, 4) is 0 Å². The Kier molecular flexibility index (Phi) is 10.5. The van der Waals surface area contributed by atoms with Gasteiger partial charge in [0.25, 0.3) is 0 Å². The smallest absolute Gasteiger partial charge is 0.108 e. The second-order valence-corrected chi connectivity index (χ2v) is 20.6. The van der Waals surface area contributed by atoms with Crippen molar-refractivity contribution in [3.63, 3.8) is 0 Å². The molecule has 8 heteroatoms. The minimum atomic E-state index is -0.975. The second kappa shape index (κ2) is 15.6. The number of hydrogen-bond acceptors (Lipinski definition) is 7. The van der Waals surface area contributed by atoms with Gasteiger partial charge in [0, 0.05) is 81.4 Å². The Balaban J connectivity index is 1.41. The summed E-state index contributed by atoms with van der Waals surface area (Å²) in [6.45, 7) is 20.7. The molecule has 5 heterocycles. The van der Waals surface area contributed by atoms with Gasteiger partial charge in [-0.3, -0.25) is 0 Å². The van der Waals surface area contributed by atoms with Crippen LogP contribution in [0.5, 0.6) is 0 Å². The maximum Gasteiger partial charge on any atom is 0.108 e. The number of nitrogens with one attached hydrogen (secondary N) is 2. The molecule has 2 aromatic carbocycles. The number of ether oxygens (including phenoxy) is 2. The largest absolute Gasteiger partial charge is 0.384 e. The number of pyridine rings is 2. The van der Waals surface area contributed by atoms with E-state index in [0.717, 1.165) is 99.6 Å². The Morgan fingerprint density at radius 2 is 1.11 bits per heavy atom. The SMILES string of the molecule is COCc1cc(C(C)(C)C)cc(COC)c1C1=c2ccc([nH]2)=C2C=C(C(C)(C)C)C=C(c3ccc4ccc5ccc(nc5c4n3)C3=CC(C(C)(C)C)=CC(=C4CC=C1N4)C3O)C2O. The van der Waals surface area contributed by atoms with Crippen molar-refractivity contribution >= 4 is 44.1 Å². The first-order valence-corrected chi connectivity index (χ1v) is 22.1. The standard InChI is InChI=1S/C55H60N4O4/c1-53(2,3)34-22-32(28-62-10)47(33(23-34)29-63-11)48-45-20-18-41(56-45)37-24-35(54(4,5)6)26-39(51(37)60)43-16-14-30-12-13-31-15-17-44(59-50(31)49(30)58-43)40-27-36(55(7,8)9)25-38(52(40)61)42-19-21-46(48)57-42/h12-18,20-27,51-52,56-57,60-61H,19,28-29H2,1-11H3. The van der Waals surface area contributed by atoms with E-state index in [1.54, 1.807) is 14.2 Å². The number of allylic oxidation sites excluding steroid dienone is 6. The lowest BCUT2D eigenvalue weighted by Crippen LogP contribution is -2.27. The van der Waals surface area contributed by atoms with Gasteiger partial charge in [-0.2, -0.15) is 0 Å². The molecule has 2 aliphatic heterocycles. The van der Waals surface area contributed by atoms with Crippen molar-refractivity contribution in [2.45, 2.75) is 99.6 Å². The van der Waals surface area contributed by atoms with Gasteiger partial charge in [-0.05, 0) is 73.9 Å². The van der Waals surface area contributed by atoms with Crippen LogP contribution in [-0.2, 0) is 28.1 Å². The molecular weight excluding hydrogens is 781 g/mol. The fraction of sp³-hybridized carbons (Fsp3) is 0.345. The summed E-state index contributed by atoms with van der Waals surface area (Å²) < 4.78 is 11.9. The Morgan fingerprint density at radius 1 is 0.619 bits per heavy atom. The lowest BCUT2D eigenvalue weighted by molar-refractivity contribution is 0.179. The summed E-state index contributed by atoms with van der Waals surface area (Å²) in [5.74, 6) is 0. The first kappa shape index (κ1) is 42.7. The van der Waals surface area contributed by atoms with Gasteiger partial charge >= 0.3 is 0 Å². The van der Waals surface area contributed by atoms with E-state index in [4.69, 9.17) is 19.4 Å². The molecule has 324 valence electrons. The normalized spacial score (nSPS) is 19.2. The monoisotopic (exact) mass is 840 g/mol. The molecule has 0 spiro atoms. The molecule has 0 amide bonds. The van der Waals surface area contributed by atoms with Gasteiger partial charge in [0.15, 0.2) is 0 Å². The first-order valence-electron chi connectivity index (χ1n) is 22.1. The van der Waals surface area contributed by atoms with Crippen LogP contribution in [0.1, 0.15) is 102 Å². The minimum absolute atomic E-state index is 0.122. The summed E-state index contributed by atoms with van der Waals surface area (Å²) >= 11 is 0. The predicted octanol–water partition coefficient (Wildman–Crippen LogP) is 9.36. The van der Waals surface area contributed by atoms with E-state index < -0.39 is 12.2 Å². The average molecular weight is 841 g/mol. The highest BCUT2D eigenvalue weighted by Gasteiger charge is 2.33. The van der Waals surface area contributed by atoms with E-state index in [1.807, 2.05) is 12.1 Å². The van der Waals surface area contributed by atoms with Crippen molar-refractivity contribution in [2.75, 3.05) is 14.2 Å². The molecular formula is C55H60N4O4. The van der Waals surface area contributed by atoms with Crippen LogP contribution in [0, 0.1) is 10.8 Å². The molecule has 2 unspecified atom stereocenters. The minimum Gasteiger partial charge on any atom is -0.384 e. The summed E-state index contributed by atoms with van der Waals surface area (Å²) in [6, 6.07) is 21.0. The highest BCUT2D eigenvalue weighted by molar-refractivity contribution is 6.04. The molecule has 0 radical (unpaired) electrons. The van der Waals surface area contributed by atoms with E-state index in [1.165, 1.54) is 5.56 Å². The third kappa shape index (κ3) is 7.67. The van der Waals surface area contributed by atoms with Gasteiger partial charge in [0.05, 0.1) is 35.6 Å². The average Bonchev–Trinajstić information content (AvgIpc) is 3.91. The van der Waals surface area contributed by atoms with Crippen molar-refractivity contribution in [1.29, 1.82) is 0 Å². The zero-order valence-electron chi connectivity index (χ0n) is 38.5. The lowest BCUT2D eigenvalue weighted by atomic mass is 9.78. The van der Waals surface area contributed by atoms with E-state index in [-0.39, 0.29) is 16.2 Å². The van der Waals surface area contributed by atoms with Gasteiger partial charge in [-0.25, -0.2) is 9.97 Å². The predicted molar refractivity (Wildman–Crippen MR) is 255 cm³/mol. The molecule has 0 saturated heterocycles. The van der Waals surface area contributed by atoms with Gasteiger partial charge in [-0.1, -0.05) is 129 Å². The molecule has 4 aliphatic rings. The maximum atomic E-state index is 12.5. The Labute approximate surface area is 370 Å². The molecule has 12 bridgehead atoms. The van der Waals surface area contributed by atoms with Gasteiger partial charge in [0.2, 0.25) is 0 Å². The first-order chi connectivity index (χ1) is 29.8. The van der Waals surface area contributed by atoms with Crippen LogP contribution in [0.25, 0.3) is 44.1 Å². The summed E-state index contributed by atoms with van der Waals surface area (Å²) in [5.41, 5.74) is 14.5. The Bertz CT molecular complexity index is 3030. The van der Waals surface area contributed by atoms with Crippen LogP contribution >= 0.6 is 0 Å². The maximum absolute atomic E-state index is 12.5. The molecule has 9 rings (SSSR count). The van der Waals surface area contributed by atoms with Crippen molar-refractivity contribution < 1.29 is 19.7 Å². The van der Waals surface area contributed by atoms with Crippen LogP contribution in [0.3, 0.4) is 0 Å². The van der Waals surface area contributed by atoms with Crippen LogP contribution in [-0.4, -0.2) is 51.6 Å². The molecule has 2 aliphatic carbocycles. The molecule has 2 atom stereocenters. The van der Waals surface area contributed by atoms with Crippen molar-refractivity contribution in [3.05, 3.63) is 163 Å². The summed E-state index contributed by atoms with van der Waals surface area (Å²) in [6.07, 6.45) is 9.37. The van der Waals surface area contributed by atoms with Crippen LogP contribution in [0.15, 0.2) is 119 Å². The lowest BCUT2D eigenvalue weighted by Gasteiger charge is -2.30. The number of hydrogen-bond donors (Lipinski definition) is 4. The highest BCUT2D eigenvalue weighted by Crippen LogP contribution is 2.42. The zero-order valence-corrected chi connectivity index (χ0v) is 38.5.